The van der Waals surface area contributed by atoms with Crippen molar-refractivity contribution in [3.05, 3.63) is 6.33 Å². The lowest BCUT2D eigenvalue weighted by Gasteiger charge is -2.10. The Kier molecular flexibility index (Phi) is 4.72. The van der Waals surface area contributed by atoms with E-state index >= 15 is 0 Å². The first-order valence-corrected chi connectivity index (χ1v) is 7.08. The third-order valence-corrected chi connectivity index (χ3v) is 3.04. The van der Waals surface area contributed by atoms with Gasteiger partial charge < -0.3 is 10.1 Å². The fraction of sp³-hybridized carbons (Fsp3) is 0.545. The van der Waals surface area contributed by atoms with Gasteiger partial charge in [0.25, 0.3) is 0 Å². The molecule has 2 aromatic heterocycles. The predicted octanol–water partition coefficient (Wildman–Crippen LogP) is 1.37. The van der Waals surface area contributed by atoms with E-state index in [1.54, 1.807) is 4.68 Å². The van der Waals surface area contributed by atoms with Crippen molar-refractivity contribution in [1.82, 2.24) is 29.7 Å². The van der Waals surface area contributed by atoms with Crippen molar-refractivity contribution in [2.75, 3.05) is 11.9 Å². The van der Waals surface area contributed by atoms with E-state index in [2.05, 4.69) is 30.4 Å². The normalized spacial score (nSPS) is 10.8. The van der Waals surface area contributed by atoms with Gasteiger partial charge in [-0.15, -0.1) is 0 Å². The fourth-order valence-electron chi connectivity index (χ4n) is 1.34. The van der Waals surface area contributed by atoms with E-state index in [1.807, 2.05) is 27.8 Å². The number of aryl methyl sites for hydroxylation is 1. The highest BCUT2D eigenvalue weighted by molar-refractivity contribution is 7.99. The van der Waals surface area contributed by atoms with Gasteiger partial charge in [-0.25, -0.2) is 9.67 Å². The third kappa shape index (κ3) is 3.80. The Hall–Kier alpha value is -1.90. The summed E-state index contributed by atoms with van der Waals surface area (Å²) in [6, 6.07) is 0.301. The van der Waals surface area contributed by atoms with Gasteiger partial charge in [-0.3, -0.25) is 0 Å². The summed E-state index contributed by atoms with van der Waals surface area (Å²) in [5, 5.41) is 8.29. The predicted molar refractivity (Wildman–Crippen MR) is 74.9 cm³/mol. The van der Waals surface area contributed by atoms with Crippen LogP contribution in [0.15, 0.2) is 16.6 Å². The molecule has 0 aliphatic rings. The van der Waals surface area contributed by atoms with Crippen LogP contribution in [0.3, 0.4) is 0 Å². The number of aromatic nitrogens is 6. The van der Waals surface area contributed by atoms with Crippen LogP contribution >= 0.6 is 11.8 Å². The van der Waals surface area contributed by atoms with Crippen molar-refractivity contribution in [3.63, 3.8) is 0 Å². The molecule has 2 rings (SSSR count). The number of nitrogens with zero attached hydrogens (tertiary/aromatic N) is 6. The largest absolute Gasteiger partial charge is 0.461 e. The van der Waals surface area contributed by atoms with Gasteiger partial charge in [-0.1, -0.05) is 0 Å². The molecule has 0 amide bonds. The maximum Gasteiger partial charge on any atom is 0.322 e. The summed E-state index contributed by atoms with van der Waals surface area (Å²) in [5.41, 5.74) is 0. The van der Waals surface area contributed by atoms with Gasteiger partial charge in [0.2, 0.25) is 11.1 Å². The van der Waals surface area contributed by atoms with Crippen molar-refractivity contribution < 1.29 is 4.74 Å². The highest BCUT2D eigenvalue weighted by atomic mass is 32.2. The Bertz CT molecular complexity index is 572. The minimum atomic E-state index is -0.000412. The van der Waals surface area contributed by atoms with E-state index < -0.39 is 0 Å². The molecule has 20 heavy (non-hydrogen) atoms. The Morgan fingerprint density at radius 3 is 2.75 bits per heavy atom. The number of ether oxygens (including phenoxy) is 1. The molecule has 0 saturated heterocycles. The van der Waals surface area contributed by atoms with Crippen LogP contribution in [0, 0.1) is 0 Å². The van der Waals surface area contributed by atoms with Gasteiger partial charge in [0.1, 0.15) is 6.33 Å². The zero-order valence-corrected chi connectivity index (χ0v) is 12.7. The monoisotopic (exact) mass is 295 g/mol. The Labute approximate surface area is 121 Å². The molecule has 8 nitrogen and oxygen atoms in total. The standard InChI is InChI=1S/C11H17N7OS/c1-5-12-8-15-9(19-7(2)3)17-10(16-8)20-11-13-6-14-18(11)4/h6-7H,5H2,1-4H3,(H,12,15,16,17). The molecule has 0 aliphatic carbocycles. The molecule has 9 heteroatoms. The molecule has 0 fully saturated rings. The van der Waals surface area contributed by atoms with Gasteiger partial charge >= 0.3 is 6.01 Å². The lowest BCUT2D eigenvalue weighted by atomic mass is 10.5. The zero-order chi connectivity index (χ0) is 14.5. The minimum absolute atomic E-state index is 0.000412. The van der Waals surface area contributed by atoms with E-state index in [1.165, 1.54) is 18.1 Å². The third-order valence-electron chi connectivity index (χ3n) is 2.12. The first kappa shape index (κ1) is 14.5. The van der Waals surface area contributed by atoms with Crippen molar-refractivity contribution >= 4 is 17.7 Å². The highest BCUT2D eigenvalue weighted by Crippen LogP contribution is 2.24. The lowest BCUT2D eigenvalue weighted by Crippen LogP contribution is -2.12. The summed E-state index contributed by atoms with van der Waals surface area (Å²) >= 11 is 1.31. The average molecular weight is 295 g/mol. The molecule has 108 valence electrons. The molecule has 0 aromatic carbocycles. The molecular formula is C11H17N7OS. The number of anilines is 1. The maximum atomic E-state index is 5.53. The quantitative estimate of drug-likeness (QED) is 0.854. The van der Waals surface area contributed by atoms with Gasteiger partial charge in [-0.2, -0.15) is 20.1 Å². The minimum Gasteiger partial charge on any atom is -0.461 e. The van der Waals surface area contributed by atoms with Crippen LogP contribution < -0.4 is 10.1 Å². The summed E-state index contributed by atoms with van der Waals surface area (Å²) in [6.07, 6.45) is 1.49. The molecule has 0 spiro atoms. The van der Waals surface area contributed by atoms with Crippen LogP contribution in [0.4, 0.5) is 5.95 Å². The highest BCUT2D eigenvalue weighted by Gasteiger charge is 2.12. The molecule has 0 bridgehead atoms. The number of nitrogens with one attached hydrogen (secondary N) is 1. The average Bonchev–Trinajstić information content (AvgIpc) is 2.74. The van der Waals surface area contributed by atoms with Crippen LogP contribution in [0.1, 0.15) is 20.8 Å². The molecule has 2 heterocycles. The Morgan fingerprint density at radius 2 is 2.15 bits per heavy atom. The van der Waals surface area contributed by atoms with E-state index in [9.17, 15) is 0 Å². The van der Waals surface area contributed by atoms with Crippen molar-refractivity contribution in [1.29, 1.82) is 0 Å². The molecule has 2 aromatic rings. The van der Waals surface area contributed by atoms with Gasteiger partial charge in [0, 0.05) is 13.6 Å². The van der Waals surface area contributed by atoms with Crippen molar-refractivity contribution in [2.24, 2.45) is 7.05 Å². The summed E-state index contributed by atoms with van der Waals surface area (Å²) in [5.74, 6) is 0.489. The maximum absolute atomic E-state index is 5.53. The van der Waals surface area contributed by atoms with Crippen molar-refractivity contribution in [3.8, 4) is 6.01 Å². The summed E-state index contributed by atoms with van der Waals surface area (Å²) < 4.78 is 7.19. The van der Waals surface area contributed by atoms with E-state index in [-0.39, 0.29) is 6.10 Å². The summed E-state index contributed by atoms with van der Waals surface area (Å²) in [4.78, 5) is 16.9. The molecule has 0 saturated carbocycles. The van der Waals surface area contributed by atoms with E-state index in [0.717, 1.165) is 6.54 Å². The van der Waals surface area contributed by atoms with Crippen LogP contribution in [0.2, 0.25) is 0 Å². The molecule has 0 aliphatic heterocycles. The first-order chi connectivity index (χ1) is 9.58. The second-order valence-electron chi connectivity index (χ2n) is 4.19. The number of hydrogen-bond acceptors (Lipinski definition) is 8. The number of rotatable bonds is 6. The van der Waals surface area contributed by atoms with E-state index in [0.29, 0.717) is 22.3 Å². The molecular weight excluding hydrogens is 278 g/mol. The van der Waals surface area contributed by atoms with Crippen LogP contribution in [-0.2, 0) is 7.05 Å². The first-order valence-electron chi connectivity index (χ1n) is 6.27. The molecule has 0 unspecified atom stereocenters. The smallest absolute Gasteiger partial charge is 0.322 e. The van der Waals surface area contributed by atoms with Gasteiger partial charge in [0.15, 0.2) is 5.16 Å². The Morgan fingerprint density at radius 1 is 1.35 bits per heavy atom. The van der Waals surface area contributed by atoms with Crippen LogP contribution in [0.25, 0.3) is 0 Å². The van der Waals surface area contributed by atoms with E-state index in [4.69, 9.17) is 4.74 Å². The van der Waals surface area contributed by atoms with Gasteiger partial charge in [-0.05, 0) is 32.5 Å². The van der Waals surface area contributed by atoms with Crippen molar-refractivity contribution in [2.45, 2.75) is 37.2 Å². The lowest BCUT2D eigenvalue weighted by molar-refractivity contribution is 0.219. The van der Waals surface area contributed by atoms with Crippen LogP contribution in [-0.4, -0.2) is 42.4 Å². The molecule has 0 atom stereocenters. The molecule has 1 N–H and O–H groups in total. The Balaban J connectivity index is 2.26. The summed E-state index contributed by atoms with van der Waals surface area (Å²) in [6.45, 7) is 6.54. The van der Waals surface area contributed by atoms with Gasteiger partial charge in [0.05, 0.1) is 6.10 Å². The second kappa shape index (κ2) is 6.51. The second-order valence-corrected chi connectivity index (χ2v) is 5.12. The number of hydrogen-bond donors (Lipinski definition) is 1. The van der Waals surface area contributed by atoms with Crippen LogP contribution in [0.5, 0.6) is 6.01 Å². The fourth-order valence-corrected chi connectivity index (χ4v) is 2.04. The molecule has 0 radical (unpaired) electrons. The summed E-state index contributed by atoms with van der Waals surface area (Å²) in [7, 11) is 1.81. The SMILES string of the molecule is CCNc1nc(OC(C)C)nc(Sc2ncnn2C)n1. The zero-order valence-electron chi connectivity index (χ0n) is 11.9. The topological polar surface area (TPSA) is 90.6 Å².